The first-order valence-corrected chi connectivity index (χ1v) is 7.30. The minimum atomic E-state index is -0.184. The lowest BCUT2D eigenvalue weighted by molar-refractivity contribution is -0.116. The molecule has 1 unspecified atom stereocenters. The van der Waals surface area contributed by atoms with Gasteiger partial charge in [0.05, 0.1) is 10.7 Å². The number of nitrogens with one attached hydrogen (secondary N) is 1. The lowest BCUT2D eigenvalue weighted by atomic mass is 10.2. The number of halogens is 1. The van der Waals surface area contributed by atoms with E-state index in [1.54, 1.807) is 31.3 Å². The number of aromatic nitrogens is 1. The van der Waals surface area contributed by atoms with Crippen molar-refractivity contribution in [2.24, 2.45) is 5.73 Å². The first kappa shape index (κ1) is 16.3. The van der Waals surface area contributed by atoms with E-state index in [4.69, 9.17) is 22.1 Å². The van der Waals surface area contributed by atoms with Crippen LogP contribution < -0.4 is 15.8 Å². The van der Waals surface area contributed by atoms with Crippen LogP contribution in [-0.4, -0.2) is 16.9 Å². The van der Waals surface area contributed by atoms with Gasteiger partial charge in [-0.15, -0.1) is 0 Å². The van der Waals surface area contributed by atoms with Crippen LogP contribution in [0.3, 0.4) is 0 Å². The molecule has 6 heteroatoms. The minimum Gasteiger partial charge on any atom is -0.486 e. The van der Waals surface area contributed by atoms with Gasteiger partial charge in [-0.1, -0.05) is 17.7 Å². The van der Waals surface area contributed by atoms with E-state index >= 15 is 0 Å². The summed E-state index contributed by atoms with van der Waals surface area (Å²) in [7, 11) is 0. The summed E-state index contributed by atoms with van der Waals surface area (Å²) < 4.78 is 5.62. The second kappa shape index (κ2) is 7.77. The molecule has 1 atom stereocenters. The minimum absolute atomic E-state index is 0.145. The van der Waals surface area contributed by atoms with Gasteiger partial charge in [0.2, 0.25) is 5.91 Å². The van der Waals surface area contributed by atoms with Crippen LogP contribution in [0.15, 0.2) is 42.6 Å². The number of anilines is 1. The van der Waals surface area contributed by atoms with E-state index < -0.39 is 0 Å². The molecule has 0 aliphatic rings. The van der Waals surface area contributed by atoms with E-state index in [0.717, 1.165) is 5.69 Å². The molecule has 0 spiro atoms. The molecule has 2 aromatic rings. The summed E-state index contributed by atoms with van der Waals surface area (Å²) in [6.07, 6.45) is 1.97. The Morgan fingerprint density at radius 1 is 1.41 bits per heavy atom. The van der Waals surface area contributed by atoms with E-state index in [0.29, 0.717) is 23.1 Å². The van der Waals surface area contributed by atoms with Gasteiger partial charge in [0.1, 0.15) is 12.4 Å². The zero-order valence-electron chi connectivity index (χ0n) is 12.3. The topological polar surface area (TPSA) is 77.2 Å². The van der Waals surface area contributed by atoms with Gasteiger partial charge < -0.3 is 15.8 Å². The van der Waals surface area contributed by atoms with Crippen molar-refractivity contribution in [3.05, 3.63) is 53.3 Å². The highest BCUT2D eigenvalue weighted by atomic mass is 35.5. The Kier molecular flexibility index (Phi) is 5.75. The number of hydrogen-bond acceptors (Lipinski definition) is 4. The number of amides is 1. The third kappa shape index (κ3) is 5.02. The summed E-state index contributed by atoms with van der Waals surface area (Å²) in [6.45, 7) is 2.11. The number of hydrogen-bond donors (Lipinski definition) is 2. The monoisotopic (exact) mass is 319 g/mol. The number of benzene rings is 1. The van der Waals surface area contributed by atoms with Crippen molar-refractivity contribution in [1.29, 1.82) is 0 Å². The maximum Gasteiger partial charge on any atom is 0.225 e. The molecular weight excluding hydrogens is 302 g/mol. The molecule has 1 amide bonds. The van der Waals surface area contributed by atoms with Crippen LogP contribution in [0.25, 0.3) is 0 Å². The molecule has 0 aliphatic heterocycles. The third-order valence-electron chi connectivity index (χ3n) is 2.82. The van der Waals surface area contributed by atoms with Gasteiger partial charge in [-0.2, -0.15) is 0 Å². The molecule has 116 valence electrons. The Bertz CT molecular complexity index is 633. The second-order valence-electron chi connectivity index (χ2n) is 4.98. The molecule has 5 nitrogen and oxygen atoms in total. The molecule has 0 saturated carbocycles. The molecule has 1 aromatic carbocycles. The van der Waals surface area contributed by atoms with Gasteiger partial charge >= 0.3 is 0 Å². The third-order valence-corrected chi connectivity index (χ3v) is 3.12. The number of nitrogens with two attached hydrogens (primary N) is 1. The normalized spacial score (nSPS) is 11.8. The number of rotatable bonds is 6. The van der Waals surface area contributed by atoms with E-state index in [1.165, 1.54) is 0 Å². The van der Waals surface area contributed by atoms with Crippen LogP contribution in [0.5, 0.6) is 5.75 Å². The highest BCUT2D eigenvalue weighted by molar-refractivity contribution is 6.32. The van der Waals surface area contributed by atoms with Crippen LogP contribution in [0.2, 0.25) is 5.02 Å². The largest absolute Gasteiger partial charge is 0.486 e. The fourth-order valence-corrected chi connectivity index (χ4v) is 2.07. The zero-order chi connectivity index (χ0) is 15.9. The van der Waals surface area contributed by atoms with Crippen LogP contribution >= 0.6 is 11.6 Å². The Morgan fingerprint density at radius 3 is 2.86 bits per heavy atom. The second-order valence-corrected chi connectivity index (χ2v) is 5.39. The number of nitrogens with zero attached hydrogens (tertiary/aromatic N) is 1. The zero-order valence-corrected chi connectivity index (χ0v) is 13.0. The predicted molar refractivity (Wildman–Crippen MR) is 86.9 cm³/mol. The lowest BCUT2D eigenvalue weighted by Crippen LogP contribution is -2.23. The quantitative estimate of drug-likeness (QED) is 0.858. The van der Waals surface area contributed by atoms with E-state index in [2.05, 4.69) is 10.3 Å². The van der Waals surface area contributed by atoms with Gasteiger partial charge in [0.25, 0.3) is 0 Å². The maximum absolute atomic E-state index is 11.7. The Labute approximate surface area is 134 Å². The smallest absolute Gasteiger partial charge is 0.225 e. The van der Waals surface area contributed by atoms with Crippen LogP contribution in [-0.2, 0) is 11.4 Å². The molecule has 0 radical (unpaired) electrons. The number of carbonyl (C=O) groups excluding carboxylic acids is 1. The maximum atomic E-state index is 11.7. The Balaban J connectivity index is 1.96. The van der Waals surface area contributed by atoms with Crippen LogP contribution in [0, 0.1) is 0 Å². The summed E-state index contributed by atoms with van der Waals surface area (Å²) in [5.74, 6) is 0.394. The molecule has 0 fully saturated rings. The molecule has 3 N–H and O–H groups in total. The van der Waals surface area contributed by atoms with Crippen molar-refractivity contribution in [3.63, 3.8) is 0 Å². The van der Waals surface area contributed by atoms with Gasteiger partial charge in [-0.3, -0.25) is 9.78 Å². The summed E-state index contributed by atoms with van der Waals surface area (Å²) in [6, 6.07) is 10.5. The van der Waals surface area contributed by atoms with Crippen molar-refractivity contribution in [2.45, 2.75) is 26.0 Å². The first-order valence-electron chi connectivity index (χ1n) is 6.92. The Morgan fingerprint density at radius 2 is 2.23 bits per heavy atom. The highest BCUT2D eigenvalue weighted by Gasteiger charge is 2.08. The molecular formula is C16H18ClN3O2. The molecule has 1 aromatic heterocycles. The first-order chi connectivity index (χ1) is 10.5. The van der Waals surface area contributed by atoms with Gasteiger partial charge in [0, 0.05) is 24.3 Å². The van der Waals surface area contributed by atoms with E-state index in [-0.39, 0.29) is 18.4 Å². The molecule has 0 bridgehead atoms. The van der Waals surface area contributed by atoms with Gasteiger partial charge in [0.15, 0.2) is 0 Å². The number of ether oxygens (including phenoxy) is 1. The summed E-state index contributed by atoms with van der Waals surface area (Å²) in [4.78, 5) is 15.8. The Hall–Kier alpha value is -2.11. The average molecular weight is 320 g/mol. The molecule has 1 heterocycles. The average Bonchev–Trinajstić information content (AvgIpc) is 2.46. The van der Waals surface area contributed by atoms with Crippen molar-refractivity contribution < 1.29 is 9.53 Å². The van der Waals surface area contributed by atoms with Crippen molar-refractivity contribution in [2.75, 3.05) is 5.32 Å². The van der Waals surface area contributed by atoms with E-state index in [9.17, 15) is 4.79 Å². The van der Waals surface area contributed by atoms with Gasteiger partial charge in [-0.25, -0.2) is 0 Å². The fraction of sp³-hybridized carbons (Fsp3) is 0.250. The number of carbonyl (C=O) groups is 1. The molecule has 22 heavy (non-hydrogen) atoms. The standard InChI is InChI=1S/C16H18ClN3O2/c1-11(18)8-16(21)20-12-5-6-15(14(17)9-12)22-10-13-4-2-3-7-19-13/h2-7,9,11H,8,10,18H2,1H3,(H,20,21). The van der Waals surface area contributed by atoms with Crippen molar-refractivity contribution in [1.82, 2.24) is 4.98 Å². The van der Waals surface area contributed by atoms with Crippen LogP contribution in [0.1, 0.15) is 19.0 Å². The van der Waals surface area contributed by atoms with Crippen LogP contribution in [0.4, 0.5) is 5.69 Å². The molecule has 0 saturated heterocycles. The van der Waals surface area contributed by atoms with Crippen molar-refractivity contribution in [3.8, 4) is 5.75 Å². The molecule has 2 rings (SSSR count). The fourth-order valence-electron chi connectivity index (χ4n) is 1.84. The van der Waals surface area contributed by atoms with E-state index in [1.807, 2.05) is 18.2 Å². The molecule has 0 aliphatic carbocycles. The SMILES string of the molecule is CC(N)CC(=O)Nc1ccc(OCc2ccccn2)c(Cl)c1. The summed E-state index contributed by atoms with van der Waals surface area (Å²) in [5, 5.41) is 3.17. The van der Waals surface area contributed by atoms with Gasteiger partial charge in [-0.05, 0) is 37.3 Å². The van der Waals surface area contributed by atoms with Crippen molar-refractivity contribution >= 4 is 23.2 Å². The lowest BCUT2D eigenvalue weighted by Gasteiger charge is -2.11. The highest BCUT2D eigenvalue weighted by Crippen LogP contribution is 2.28. The summed E-state index contributed by atoms with van der Waals surface area (Å²) in [5.41, 5.74) is 7.01. The summed E-state index contributed by atoms with van der Waals surface area (Å²) >= 11 is 6.16. The number of pyridine rings is 1. The predicted octanol–water partition coefficient (Wildman–Crippen LogP) is 2.99.